The van der Waals surface area contributed by atoms with Gasteiger partial charge in [0.1, 0.15) is 0 Å². The van der Waals surface area contributed by atoms with Crippen LogP contribution in [0.3, 0.4) is 0 Å². The van der Waals surface area contributed by atoms with Crippen molar-refractivity contribution >= 4 is 21.8 Å². The molecule has 0 saturated heterocycles. The Hall–Kier alpha value is -0.870. The summed E-state index contributed by atoms with van der Waals surface area (Å²) in [5.74, 6) is 0.0530. The highest BCUT2D eigenvalue weighted by Gasteiger charge is 2.03. The van der Waals surface area contributed by atoms with Crippen LogP contribution in [0.15, 0.2) is 28.7 Å². The maximum absolute atomic E-state index is 11.4. The Labute approximate surface area is 105 Å². The van der Waals surface area contributed by atoms with Gasteiger partial charge < -0.3 is 11.1 Å². The van der Waals surface area contributed by atoms with E-state index in [4.69, 9.17) is 5.73 Å². The highest BCUT2D eigenvalue weighted by molar-refractivity contribution is 9.10. The van der Waals surface area contributed by atoms with Crippen LogP contribution in [0.25, 0.3) is 0 Å². The molecule has 0 aliphatic heterocycles. The van der Waals surface area contributed by atoms with E-state index >= 15 is 0 Å². The molecule has 0 radical (unpaired) electrons. The first-order valence-corrected chi connectivity index (χ1v) is 6.14. The molecule has 1 rings (SSSR count). The van der Waals surface area contributed by atoms with Crippen molar-refractivity contribution in [2.45, 2.75) is 32.4 Å². The van der Waals surface area contributed by atoms with Crippen LogP contribution in [0.4, 0.5) is 0 Å². The average Bonchev–Trinajstić information content (AvgIpc) is 2.23. The van der Waals surface area contributed by atoms with Gasteiger partial charge in [-0.15, -0.1) is 0 Å². The van der Waals surface area contributed by atoms with Gasteiger partial charge in [-0.25, -0.2) is 0 Å². The molecule has 1 unspecified atom stereocenters. The minimum Gasteiger partial charge on any atom is -0.352 e. The lowest BCUT2D eigenvalue weighted by Gasteiger charge is -2.07. The fourth-order valence-electron chi connectivity index (χ4n) is 1.29. The van der Waals surface area contributed by atoms with Gasteiger partial charge in [0, 0.05) is 23.5 Å². The zero-order valence-corrected chi connectivity index (χ0v) is 11.0. The van der Waals surface area contributed by atoms with E-state index in [1.807, 2.05) is 31.2 Å². The van der Waals surface area contributed by atoms with Crippen molar-refractivity contribution in [2.24, 2.45) is 5.73 Å². The van der Waals surface area contributed by atoms with E-state index in [1.165, 1.54) is 0 Å². The molecule has 0 heterocycles. The number of nitrogens with two attached hydrogens (primary N) is 1. The second-order valence-electron chi connectivity index (χ2n) is 3.92. The first-order valence-electron chi connectivity index (χ1n) is 5.34. The van der Waals surface area contributed by atoms with Crippen LogP contribution in [0, 0.1) is 0 Å². The molecule has 0 aliphatic rings. The molecule has 3 nitrogen and oxygen atoms in total. The number of benzene rings is 1. The molecule has 4 heteroatoms. The lowest BCUT2D eigenvalue weighted by Crippen LogP contribution is -2.25. The number of carbonyl (C=O) groups excluding carboxylic acids is 1. The van der Waals surface area contributed by atoms with Crippen LogP contribution in [0.1, 0.15) is 25.3 Å². The standard InChI is InChI=1S/C12H17BrN2O/c1-9(14)5-6-12(16)15-8-10-3-2-4-11(13)7-10/h2-4,7,9H,5-6,8,14H2,1H3,(H,15,16). The monoisotopic (exact) mass is 284 g/mol. The fourth-order valence-corrected chi connectivity index (χ4v) is 1.74. The molecule has 3 N–H and O–H groups in total. The van der Waals surface area contributed by atoms with Crippen LogP contribution < -0.4 is 11.1 Å². The Morgan fingerprint density at radius 3 is 2.94 bits per heavy atom. The highest BCUT2D eigenvalue weighted by atomic mass is 79.9. The molecule has 1 aromatic rings. The van der Waals surface area contributed by atoms with Gasteiger partial charge in [-0.05, 0) is 31.0 Å². The molecule has 0 fully saturated rings. The quantitative estimate of drug-likeness (QED) is 0.871. The zero-order valence-electron chi connectivity index (χ0n) is 9.37. The third-order valence-electron chi connectivity index (χ3n) is 2.21. The van der Waals surface area contributed by atoms with Crippen molar-refractivity contribution in [3.63, 3.8) is 0 Å². The van der Waals surface area contributed by atoms with Crippen molar-refractivity contribution < 1.29 is 4.79 Å². The van der Waals surface area contributed by atoms with Crippen molar-refractivity contribution in [2.75, 3.05) is 0 Å². The van der Waals surface area contributed by atoms with E-state index in [1.54, 1.807) is 0 Å². The van der Waals surface area contributed by atoms with Crippen LogP contribution in [-0.2, 0) is 11.3 Å². The summed E-state index contributed by atoms with van der Waals surface area (Å²) in [7, 11) is 0. The molecular formula is C12H17BrN2O. The summed E-state index contributed by atoms with van der Waals surface area (Å²) in [6.45, 7) is 2.47. The van der Waals surface area contributed by atoms with E-state index in [2.05, 4.69) is 21.2 Å². The van der Waals surface area contributed by atoms with Gasteiger partial charge in [0.05, 0.1) is 0 Å². The Balaban J connectivity index is 2.31. The number of hydrogen-bond donors (Lipinski definition) is 2. The number of hydrogen-bond acceptors (Lipinski definition) is 2. The highest BCUT2D eigenvalue weighted by Crippen LogP contribution is 2.11. The molecule has 0 saturated carbocycles. The van der Waals surface area contributed by atoms with E-state index in [0.717, 1.165) is 16.5 Å². The van der Waals surface area contributed by atoms with Gasteiger partial charge >= 0.3 is 0 Å². The molecule has 88 valence electrons. The minimum atomic E-state index is 0.0530. The van der Waals surface area contributed by atoms with Gasteiger partial charge in [0.15, 0.2) is 0 Å². The van der Waals surface area contributed by atoms with Crippen LogP contribution >= 0.6 is 15.9 Å². The zero-order chi connectivity index (χ0) is 12.0. The maximum atomic E-state index is 11.4. The smallest absolute Gasteiger partial charge is 0.220 e. The summed E-state index contributed by atoms with van der Waals surface area (Å²) < 4.78 is 1.02. The molecule has 1 aromatic carbocycles. The lowest BCUT2D eigenvalue weighted by molar-refractivity contribution is -0.121. The molecule has 1 atom stereocenters. The summed E-state index contributed by atoms with van der Waals surface area (Å²) in [6, 6.07) is 7.97. The van der Waals surface area contributed by atoms with Gasteiger partial charge in [0.2, 0.25) is 5.91 Å². The van der Waals surface area contributed by atoms with Crippen molar-refractivity contribution in [3.8, 4) is 0 Å². The average molecular weight is 285 g/mol. The largest absolute Gasteiger partial charge is 0.352 e. The minimum absolute atomic E-state index is 0.0530. The van der Waals surface area contributed by atoms with Crippen molar-refractivity contribution in [1.29, 1.82) is 0 Å². The van der Waals surface area contributed by atoms with Gasteiger partial charge in [0.25, 0.3) is 0 Å². The predicted octanol–water partition coefficient (Wildman–Crippen LogP) is 2.19. The number of rotatable bonds is 5. The molecule has 16 heavy (non-hydrogen) atoms. The SMILES string of the molecule is CC(N)CCC(=O)NCc1cccc(Br)c1. The van der Waals surface area contributed by atoms with E-state index < -0.39 is 0 Å². The van der Waals surface area contributed by atoms with Crippen LogP contribution in [0.2, 0.25) is 0 Å². The third kappa shape index (κ3) is 5.28. The Morgan fingerprint density at radius 1 is 1.56 bits per heavy atom. The number of halogens is 1. The van der Waals surface area contributed by atoms with E-state index in [0.29, 0.717) is 13.0 Å². The third-order valence-corrected chi connectivity index (χ3v) is 2.70. The summed E-state index contributed by atoms with van der Waals surface area (Å²) in [6.07, 6.45) is 1.22. The van der Waals surface area contributed by atoms with E-state index in [-0.39, 0.29) is 11.9 Å². The van der Waals surface area contributed by atoms with Crippen LogP contribution in [-0.4, -0.2) is 11.9 Å². The first kappa shape index (κ1) is 13.2. The molecule has 0 aromatic heterocycles. The topological polar surface area (TPSA) is 55.1 Å². The van der Waals surface area contributed by atoms with Gasteiger partial charge in [-0.3, -0.25) is 4.79 Å². The Morgan fingerprint density at radius 2 is 2.31 bits per heavy atom. The molecule has 0 bridgehead atoms. The molecule has 1 amide bonds. The second kappa shape index (κ2) is 6.66. The summed E-state index contributed by atoms with van der Waals surface area (Å²) in [4.78, 5) is 11.4. The second-order valence-corrected chi connectivity index (χ2v) is 4.84. The Bertz CT molecular complexity index is 353. The van der Waals surface area contributed by atoms with E-state index in [9.17, 15) is 4.79 Å². The molecule has 0 aliphatic carbocycles. The fraction of sp³-hybridized carbons (Fsp3) is 0.417. The Kier molecular flexibility index (Phi) is 5.49. The van der Waals surface area contributed by atoms with Gasteiger partial charge in [-0.1, -0.05) is 28.1 Å². The van der Waals surface area contributed by atoms with Crippen molar-refractivity contribution in [1.82, 2.24) is 5.32 Å². The number of carbonyl (C=O) groups is 1. The van der Waals surface area contributed by atoms with Crippen LogP contribution in [0.5, 0.6) is 0 Å². The lowest BCUT2D eigenvalue weighted by atomic mass is 10.2. The molecular weight excluding hydrogens is 268 g/mol. The summed E-state index contributed by atoms with van der Waals surface area (Å²) in [5.41, 5.74) is 6.67. The first-order chi connectivity index (χ1) is 7.58. The summed E-state index contributed by atoms with van der Waals surface area (Å²) >= 11 is 3.39. The predicted molar refractivity (Wildman–Crippen MR) is 68.9 cm³/mol. The maximum Gasteiger partial charge on any atom is 0.220 e. The number of nitrogens with one attached hydrogen (secondary N) is 1. The summed E-state index contributed by atoms with van der Waals surface area (Å²) in [5, 5.41) is 2.87. The molecule has 0 spiro atoms. The van der Waals surface area contributed by atoms with Gasteiger partial charge in [-0.2, -0.15) is 0 Å². The van der Waals surface area contributed by atoms with Crippen molar-refractivity contribution in [3.05, 3.63) is 34.3 Å². The normalized spacial score (nSPS) is 12.2. The number of amides is 1.